The van der Waals surface area contributed by atoms with Gasteiger partial charge in [-0.15, -0.1) is 11.8 Å². The minimum Gasteiger partial charge on any atom is -0.508 e. The van der Waals surface area contributed by atoms with Crippen molar-refractivity contribution in [2.24, 2.45) is 0 Å². The van der Waals surface area contributed by atoms with Crippen LogP contribution in [0.1, 0.15) is 40.0 Å². The van der Waals surface area contributed by atoms with Crippen molar-refractivity contribution < 1.29 is 24.6 Å². The molecular formula is C33H33N3O5S. The summed E-state index contributed by atoms with van der Waals surface area (Å²) in [5.74, 6) is -1.31. The molecule has 4 N–H and O–H groups in total. The SMILES string of the molecule is Cc1c(O)cccc1C(=O)NC(c1ccccc1)[C@H](O)C(=O)N1CSC(C)[C@H]1C(=O)NCc1cccc2ccccc12. The Morgan fingerprint density at radius 2 is 1.64 bits per heavy atom. The zero-order valence-corrected chi connectivity index (χ0v) is 24.2. The fourth-order valence-corrected chi connectivity index (χ4v) is 6.45. The Hall–Kier alpha value is -4.34. The molecule has 42 heavy (non-hydrogen) atoms. The Morgan fingerprint density at radius 3 is 2.43 bits per heavy atom. The Morgan fingerprint density at radius 1 is 0.952 bits per heavy atom. The van der Waals surface area contributed by atoms with Crippen molar-refractivity contribution in [1.82, 2.24) is 15.5 Å². The Bertz CT molecular complexity index is 1610. The van der Waals surface area contributed by atoms with E-state index in [0.29, 0.717) is 17.7 Å². The number of aromatic hydroxyl groups is 1. The van der Waals surface area contributed by atoms with Gasteiger partial charge in [0.15, 0.2) is 6.10 Å². The minimum atomic E-state index is -1.66. The predicted molar refractivity (Wildman–Crippen MR) is 164 cm³/mol. The summed E-state index contributed by atoms with van der Waals surface area (Å²) in [5.41, 5.74) is 2.11. The minimum absolute atomic E-state index is 0.0315. The summed E-state index contributed by atoms with van der Waals surface area (Å²) in [6, 6.07) is 25.3. The number of carbonyl (C=O) groups excluding carboxylic acids is 3. The van der Waals surface area contributed by atoms with Crippen LogP contribution in [0.5, 0.6) is 5.75 Å². The fourth-order valence-electron chi connectivity index (χ4n) is 5.32. The quantitative estimate of drug-likeness (QED) is 0.246. The van der Waals surface area contributed by atoms with Crippen LogP contribution in [0.4, 0.5) is 0 Å². The van der Waals surface area contributed by atoms with E-state index >= 15 is 0 Å². The van der Waals surface area contributed by atoms with Gasteiger partial charge in [-0.3, -0.25) is 14.4 Å². The van der Waals surface area contributed by atoms with Crippen LogP contribution in [0.3, 0.4) is 0 Å². The second-order valence-electron chi connectivity index (χ2n) is 10.4. The molecule has 1 saturated heterocycles. The van der Waals surface area contributed by atoms with E-state index in [1.54, 1.807) is 49.4 Å². The topological polar surface area (TPSA) is 119 Å². The normalized spacial score (nSPS) is 17.9. The molecule has 5 rings (SSSR count). The lowest BCUT2D eigenvalue weighted by Crippen LogP contribution is -2.54. The molecule has 1 aliphatic rings. The van der Waals surface area contributed by atoms with Gasteiger partial charge in [-0.2, -0.15) is 0 Å². The Balaban J connectivity index is 1.35. The van der Waals surface area contributed by atoms with Gasteiger partial charge in [0, 0.05) is 22.9 Å². The average molecular weight is 584 g/mol. The largest absolute Gasteiger partial charge is 0.508 e. The summed E-state index contributed by atoms with van der Waals surface area (Å²) >= 11 is 1.45. The number of aliphatic hydroxyl groups excluding tert-OH is 1. The second kappa shape index (κ2) is 12.7. The molecule has 1 aliphatic heterocycles. The van der Waals surface area contributed by atoms with E-state index in [1.807, 2.05) is 49.4 Å². The van der Waals surface area contributed by atoms with Gasteiger partial charge >= 0.3 is 0 Å². The van der Waals surface area contributed by atoms with Crippen molar-refractivity contribution >= 4 is 40.3 Å². The summed E-state index contributed by atoms with van der Waals surface area (Å²) < 4.78 is 0. The maximum absolute atomic E-state index is 13.8. The first-order valence-electron chi connectivity index (χ1n) is 13.7. The van der Waals surface area contributed by atoms with Gasteiger partial charge in [0.25, 0.3) is 11.8 Å². The lowest BCUT2D eigenvalue weighted by atomic mass is 9.98. The first-order chi connectivity index (χ1) is 20.3. The smallest absolute Gasteiger partial charge is 0.255 e. The van der Waals surface area contributed by atoms with Gasteiger partial charge in [-0.1, -0.05) is 85.8 Å². The summed E-state index contributed by atoms with van der Waals surface area (Å²) in [5, 5.41) is 29.2. The first-order valence-corrected chi connectivity index (χ1v) is 14.8. The number of hydrogen-bond acceptors (Lipinski definition) is 6. The number of amides is 3. The number of phenolic OH excluding ortho intramolecular Hbond substituents is 1. The van der Waals surface area contributed by atoms with Crippen molar-refractivity contribution in [2.45, 2.75) is 43.8 Å². The highest BCUT2D eigenvalue weighted by Crippen LogP contribution is 2.32. The molecule has 0 saturated carbocycles. The summed E-state index contributed by atoms with van der Waals surface area (Å²) in [6.07, 6.45) is -1.66. The van der Waals surface area contributed by atoms with Crippen LogP contribution >= 0.6 is 11.8 Å². The van der Waals surface area contributed by atoms with Crippen LogP contribution in [0.2, 0.25) is 0 Å². The lowest BCUT2D eigenvalue weighted by molar-refractivity contribution is -0.146. The lowest BCUT2D eigenvalue weighted by Gasteiger charge is -2.31. The molecule has 3 amide bonds. The van der Waals surface area contributed by atoms with Crippen LogP contribution in [0.15, 0.2) is 91.0 Å². The highest BCUT2D eigenvalue weighted by molar-refractivity contribution is 8.00. The van der Waals surface area contributed by atoms with E-state index in [9.17, 15) is 24.6 Å². The van der Waals surface area contributed by atoms with Crippen molar-refractivity contribution in [3.05, 3.63) is 113 Å². The number of benzene rings is 4. The number of hydrogen-bond donors (Lipinski definition) is 4. The van der Waals surface area contributed by atoms with E-state index < -0.39 is 30.0 Å². The molecule has 0 radical (unpaired) electrons. The van der Waals surface area contributed by atoms with E-state index in [4.69, 9.17) is 0 Å². The van der Waals surface area contributed by atoms with Crippen LogP contribution in [-0.4, -0.2) is 56.1 Å². The summed E-state index contributed by atoms with van der Waals surface area (Å²) in [6.45, 7) is 3.80. The molecule has 0 aromatic heterocycles. The Kier molecular flexibility index (Phi) is 8.80. The molecule has 2 unspecified atom stereocenters. The molecule has 0 bridgehead atoms. The zero-order valence-electron chi connectivity index (χ0n) is 23.4. The number of aliphatic hydroxyl groups is 1. The molecular weight excluding hydrogens is 550 g/mol. The van der Waals surface area contributed by atoms with Gasteiger partial charge in [-0.25, -0.2) is 0 Å². The first kappa shape index (κ1) is 29.2. The van der Waals surface area contributed by atoms with E-state index in [-0.39, 0.29) is 28.3 Å². The molecule has 8 nitrogen and oxygen atoms in total. The molecule has 9 heteroatoms. The van der Waals surface area contributed by atoms with E-state index in [0.717, 1.165) is 16.3 Å². The van der Waals surface area contributed by atoms with Crippen molar-refractivity contribution in [2.75, 3.05) is 5.88 Å². The number of nitrogens with zero attached hydrogens (tertiary/aromatic N) is 1. The van der Waals surface area contributed by atoms with Crippen molar-refractivity contribution in [3.63, 3.8) is 0 Å². The van der Waals surface area contributed by atoms with Crippen LogP contribution in [-0.2, 0) is 16.1 Å². The van der Waals surface area contributed by atoms with E-state index in [2.05, 4.69) is 10.6 Å². The molecule has 1 heterocycles. The van der Waals surface area contributed by atoms with Gasteiger partial charge in [0.2, 0.25) is 5.91 Å². The zero-order chi connectivity index (χ0) is 29.8. The number of phenols is 1. The number of carbonyl (C=O) groups is 3. The van der Waals surface area contributed by atoms with Crippen LogP contribution in [0, 0.1) is 6.92 Å². The highest BCUT2D eigenvalue weighted by Gasteiger charge is 2.44. The maximum atomic E-state index is 13.8. The molecule has 4 aromatic carbocycles. The van der Waals surface area contributed by atoms with Crippen molar-refractivity contribution in [3.8, 4) is 5.75 Å². The summed E-state index contributed by atoms with van der Waals surface area (Å²) in [4.78, 5) is 41.9. The number of fused-ring (bicyclic) bond motifs is 1. The number of rotatable bonds is 8. The second-order valence-corrected chi connectivity index (χ2v) is 11.7. The van der Waals surface area contributed by atoms with Crippen LogP contribution in [0.25, 0.3) is 10.8 Å². The van der Waals surface area contributed by atoms with Gasteiger partial charge < -0.3 is 25.7 Å². The predicted octanol–water partition coefficient (Wildman–Crippen LogP) is 4.29. The highest BCUT2D eigenvalue weighted by atomic mass is 32.2. The third-order valence-corrected chi connectivity index (χ3v) is 8.92. The van der Waals surface area contributed by atoms with E-state index in [1.165, 1.54) is 22.7 Å². The maximum Gasteiger partial charge on any atom is 0.255 e. The molecule has 4 atom stereocenters. The monoisotopic (exact) mass is 583 g/mol. The third-order valence-electron chi connectivity index (χ3n) is 7.71. The number of thioether (sulfide) groups is 1. The molecule has 0 aliphatic carbocycles. The molecule has 1 fully saturated rings. The molecule has 0 spiro atoms. The molecule has 4 aromatic rings. The molecule has 216 valence electrons. The third kappa shape index (κ3) is 5.98. The van der Waals surface area contributed by atoms with Gasteiger partial charge in [-0.05, 0) is 41.0 Å². The van der Waals surface area contributed by atoms with Gasteiger partial charge in [0.05, 0.1) is 11.9 Å². The standard InChI is InChI=1S/C33H33N3O5S/c1-20-25(16-9-17-27(20)37)31(39)35-28(23-11-4-3-5-12-23)30(38)33(41)36-19-42-21(2)29(36)32(40)34-18-24-14-8-13-22-10-6-7-15-26(22)24/h3-17,21,28-30,37-38H,18-19H2,1-2H3,(H,34,40)(H,35,39)/t21?,28?,29-,30-/m0/s1. The Labute approximate surface area is 248 Å². The fraction of sp³-hybridized carbons (Fsp3) is 0.242. The average Bonchev–Trinajstić information content (AvgIpc) is 3.40. The van der Waals surface area contributed by atoms with Crippen molar-refractivity contribution in [1.29, 1.82) is 0 Å². The van der Waals surface area contributed by atoms with Crippen LogP contribution < -0.4 is 10.6 Å². The number of nitrogens with one attached hydrogen (secondary N) is 2. The summed E-state index contributed by atoms with van der Waals surface area (Å²) in [7, 11) is 0. The van der Waals surface area contributed by atoms with Gasteiger partial charge in [0.1, 0.15) is 11.8 Å².